The molecule has 0 bridgehead atoms. The van der Waals surface area contributed by atoms with Crippen molar-refractivity contribution in [3.8, 4) is 11.4 Å². The molecule has 0 unspecified atom stereocenters. The van der Waals surface area contributed by atoms with Crippen LogP contribution in [0, 0.1) is 0 Å². The molecule has 2 rings (SSSR count). The highest BCUT2D eigenvalue weighted by molar-refractivity contribution is 5.70. The maximum Gasteiger partial charge on any atom is 0.184 e. The minimum Gasteiger partial charge on any atom is -0.398 e. The number of nitrogens with two attached hydrogens (primary N) is 1. The van der Waals surface area contributed by atoms with E-state index in [1.54, 1.807) is 4.68 Å². The first kappa shape index (κ1) is 14.5. The first-order valence-electron chi connectivity index (χ1n) is 6.91. The van der Waals surface area contributed by atoms with Crippen molar-refractivity contribution in [2.75, 3.05) is 12.3 Å². The van der Waals surface area contributed by atoms with Crippen LogP contribution in [-0.4, -0.2) is 32.9 Å². The molecule has 0 aliphatic carbocycles. The van der Waals surface area contributed by atoms with Gasteiger partial charge in [0.25, 0.3) is 0 Å². The molecule has 0 saturated heterocycles. The third kappa shape index (κ3) is 3.77. The van der Waals surface area contributed by atoms with Gasteiger partial charge in [0, 0.05) is 24.4 Å². The Bertz CT molecular complexity index is 538. The fraction of sp³-hybridized carbons (Fsp3) is 0.500. The Morgan fingerprint density at radius 1 is 1.25 bits per heavy atom. The Hall–Kier alpha value is -1.95. The summed E-state index contributed by atoms with van der Waals surface area (Å²) >= 11 is 0. The standard InChI is InChI=1S/C14H21N5O/c1-11(2)20-10-6-5-9-19-14(16-17-18-19)12-7-3-4-8-13(12)15/h3-4,7-8,11H,5-6,9-10,15H2,1-2H3. The zero-order valence-electron chi connectivity index (χ0n) is 12.0. The number of nitrogen functional groups attached to an aromatic ring is 1. The molecule has 0 amide bonds. The smallest absolute Gasteiger partial charge is 0.184 e. The van der Waals surface area contributed by atoms with Crippen molar-refractivity contribution in [1.82, 2.24) is 20.2 Å². The third-order valence-corrected chi connectivity index (χ3v) is 2.95. The number of benzene rings is 1. The number of para-hydroxylation sites is 1. The molecular weight excluding hydrogens is 254 g/mol. The summed E-state index contributed by atoms with van der Waals surface area (Å²) in [5.74, 6) is 0.716. The highest BCUT2D eigenvalue weighted by atomic mass is 16.5. The number of aromatic nitrogens is 4. The van der Waals surface area contributed by atoms with Crippen LogP contribution in [0.15, 0.2) is 24.3 Å². The Balaban J connectivity index is 1.94. The highest BCUT2D eigenvalue weighted by Gasteiger charge is 2.10. The van der Waals surface area contributed by atoms with Gasteiger partial charge in [-0.15, -0.1) is 5.10 Å². The molecule has 1 aromatic heterocycles. The lowest BCUT2D eigenvalue weighted by atomic mass is 10.1. The monoisotopic (exact) mass is 275 g/mol. The third-order valence-electron chi connectivity index (χ3n) is 2.95. The number of aryl methyl sites for hydroxylation is 1. The van der Waals surface area contributed by atoms with Crippen LogP contribution in [0.3, 0.4) is 0 Å². The number of rotatable bonds is 7. The van der Waals surface area contributed by atoms with E-state index in [1.807, 2.05) is 38.1 Å². The lowest BCUT2D eigenvalue weighted by Crippen LogP contribution is -2.07. The number of hydrogen-bond donors (Lipinski definition) is 1. The van der Waals surface area contributed by atoms with Gasteiger partial charge in [0.2, 0.25) is 0 Å². The SMILES string of the molecule is CC(C)OCCCCn1nnnc1-c1ccccc1N. The molecule has 20 heavy (non-hydrogen) atoms. The average molecular weight is 275 g/mol. The summed E-state index contributed by atoms with van der Waals surface area (Å²) in [5, 5.41) is 11.8. The Labute approximate surface area is 118 Å². The van der Waals surface area contributed by atoms with E-state index in [2.05, 4.69) is 15.5 Å². The quantitative estimate of drug-likeness (QED) is 0.618. The van der Waals surface area contributed by atoms with E-state index < -0.39 is 0 Å². The van der Waals surface area contributed by atoms with Crippen LogP contribution >= 0.6 is 0 Å². The van der Waals surface area contributed by atoms with E-state index in [1.165, 1.54) is 0 Å². The van der Waals surface area contributed by atoms with Crippen LogP contribution in [0.5, 0.6) is 0 Å². The van der Waals surface area contributed by atoms with E-state index >= 15 is 0 Å². The largest absolute Gasteiger partial charge is 0.398 e. The van der Waals surface area contributed by atoms with Crippen molar-refractivity contribution in [1.29, 1.82) is 0 Å². The Kier molecular flexibility index (Phi) is 5.06. The lowest BCUT2D eigenvalue weighted by Gasteiger charge is -2.08. The van der Waals surface area contributed by atoms with Crippen LogP contribution in [0.4, 0.5) is 5.69 Å². The van der Waals surface area contributed by atoms with Crippen LogP contribution in [0.1, 0.15) is 26.7 Å². The lowest BCUT2D eigenvalue weighted by molar-refractivity contribution is 0.0753. The maximum absolute atomic E-state index is 5.96. The number of tetrazole rings is 1. The van der Waals surface area contributed by atoms with Crippen molar-refractivity contribution in [2.45, 2.75) is 39.3 Å². The van der Waals surface area contributed by atoms with Gasteiger partial charge in [-0.3, -0.25) is 0 Å². The van der Waals surface area contributed by atoms with Gasteiger partial charge < -0.3 is 10.5 Å². The highest BCUT2D eigenvalue weighted by Crippen LogP contribution is 2.22. The first-order valence-corrected chi connectivity index (χ1v) is 6.91. The molecule has 0 aliphatic rings. The molecule has 1 heterocycles. The Morgan fingerprint density at radius 3 is 2.80 bits per heavy atom. The van der Waals surface area contributed by atoms with Crippen LogP contribution in [0.25, 0.3) is 11.4 Å². The van der Waals surface area contributed by atoms with E-state index in [9.17, 15) is 0 Å². The Morgan fingerprint density at radius 2 is 2.05 bits per heavy atom. The number of anilines is 1. The van der Waals surface area contributed by atoms with Gasteiger partial charge in [0.05, 0.1) is 6.10 Å². The molecule has 0 aliphatic heterocycles. The molecule has 0 spiro atoms. The van der Waals surface area contributed by atoms with Crippen molar-refractivity contribution in [3.05, 3.63) is 24.3 Å². The van der Waals surface area contributed by atoms with E-state index in [-0.39, 0.29) is 6.10 Å². The van der Waals surface area contributed by atoms with Crippen LogP contribution < -0.4 is 5.73 Å². The molecular formula is C14H21N5O. The van der Waals surface area contributed by atoms with Gasteiger partial charge in [0.15, 0.2) is 5.82 Å². The van der Waals surface area contributed by atoms with Crippen molar-refractivity contribution >= 4 is 5.69 Å². The summed E-state index contributed by atoms with van der Waals surface area (Å²) in [4.78, 5) is 0. The summed E-state index contributed by atoms with van der Waals surface area (Å²) in [6.45, 7) is 5.61. The molecule has 0 radical (unpaired) electrons. The second-order valence-electron chi connectivity index (χ2n) is 4.94. The number of hydrogen-bond acceptors (Lipinski definition) is 5. The van der Waals surface area contributed by atoms with Crippen molar-refractivity contribution in [2.24, 2.45) is 0 Å². The predicted molar refractivity (Wildman–Crippen MR) is 78.0 cm³/mol. The molecule has 1 aromatic carbocycles. The van der Waals surface area contributed by atoms with Gasteiger partial charge in [-0.2, -0.15) is 0 Å². The summed E-state index contributed by atoms with van der Waals surface area (Å²) in [6.07, 6.45) is 2.24. The second kappa shape index (κ2) is 7.00. The topological polar surface area (TPSA) is 78.8 Å². The zero-order chi connectivity index (χ0) is 14.4. The second-order valence-corrected chi connectivity index (χ2v) is 4.94. The molecule has 0 fully saturated rings. The zero-order valence-corrected chi connectivity index (χ0v) is 12.0. The fourth-order valence-electron chi connectivity index (χ4n) is 1.93. The van der Waals surface area contributed by atoms with E-state index in [4.69, 9.17) is 10.5 Å². The predicted octanol–water partition coefficient (Wildman–Crippen LogP) is 2.13. The number of unbranched alkanes of at least 4 members (excludes halogenated alkanes) is 1. The fourth-order valence-corrected chi connectivity index (χ4v) is 1.93. The van der Waals surface area contributed by atoms with Gasteiger partial charge in [-0.25, -0.2) is 4.68 Å². The van der Waals surface area contributed by atoms with Crippen LogP contribution in [0.2, 0.25) is 0 Å². The maximum atomic E-state index is 5.96. The molecule has 6 heteroatoms. The molecule has 2 N–H and O–H groups in total. The molecule has 6 nitrogen and oxygen atoms in total. The van der Waals surface area contributed by atoms with E-state index in [0.717, 1.165) is 31.6 Å². The molecule has 0 atom stereocenters. The van der Waals surface area contributed by atoms with Crippen molar-refractivity contribution < 1.29 is 4.74 Å². The number of ether oxygens (including phenoxy) is 1. The van der Waals surface area contributed by atoms with E-state index in [0.29, 0.717) is 11.5 Å². The molecule has 0 saturated carbocycles. The van der Waals surface area contributed by atoms with Crippen molar-refractivity contribution in [3.63, 3.8) is 0 Å². The summed E-state index contributed by atoms with van der Waals surface area (Å²) in [6, 6.07) is 7.61. The summed E-state index contributed by atoms with van der Waals surface area (Å²) in [5.41, 5.74) is 7.52. The molecule has 108 valence electrons. The van der Waals surface area contributed by atoms with Gasteiger partial charge in [-0.1, -0.05) is 12.1 Å². The van der Waals surface area contributed by atoms with Gasteiger partial charge in [-0.05, 0) is 49.2 Å². The number of nitrogens with zero attached hydrogens (tertiary/aromatic N) is 4. The summed E-state index contributed by atoms with van der Waals surface area (Å²) < 4.78 is 7.31. The van der Waals surface area contributed by atoms with Gasteiger partial charge >= 0.3 is 0 Å². The minimum atomic E-state index is 0.280. The average Bonchev–Trinajstić information content (AvgIpc) is 2.87. The minimum absolute atomic E-state index is 0.280. The van der Waals surface area contributed by atoms with Gasteiger partial charge in [0.1, 0.15) is 0 Å². The summed E-state index contributed by atoms with van der Waals surface area (Å²) in [7, 11) is 0. The van der Waals surface area contributed by atoms with Crippen LogP contribution in [-0.2, 0) is 11.3 Å². The molecule has 2 aromatic rings. The first-order chi connectivity index (χ1) is 9.68. The normalized spacial score (nSPS) is 11.2.